The molecule has 6 heteroatoms. The van der Waals surface area contributed by atoms with E-state index in [1.54, 1.807) is 13.0 Å². The number of carbonyl (C=O) groups is 1. The molecule has 0 aliphatic heterocycles. The minimum absolute atomic E-state index is 0.000988. The van der Waals surface area contributed by atoms with Crippen molar-refractivity contribution in [3.63, 3.8) is 0 Å². The van der Waals surface area contributed by atoms with Crippen LogP contribution in [0, 0.1) is 6.92 Å². The van der Waals surface area contributed by atoms with Gasteiger partial charge in [-0.05, 0) is 25.8 Å². The van der Waals surface area contributed by atoms with Crippen molar-refractivity contribution in [2.24, 2.45) is 10.9 Å². The molecular weight excluding hydrogens is 234 g/mol. The first-order valence-corrected chi connectivity index (χ1v) is 5.84. The topological polar surface area (TPSA) is 101 Å². The maximum Gasteiger partial charge on any atom is 0.255 e. The van der Waals surface area contributed by atoms with Crippen LogP contribution in [0.25, 0.3) is 0 Å². The van der Waals surface area contributed by atoms with Crippen molar-refractivity contribution < 1.29 is 14.4 Å². The van der Waals surface area contributed by atoms with Gasteiger partial charge in [-0.1, -0.05) is 19.0 Å². The van der Waals surface area contributed by atoms with Gasteiger partial charge in [0.1, 0.15) is 17.6 Å². The molecule has 0 bridgehead atoms. The van der Waals surface area contributed by atoms with Gasteiger partial charge in [0.25, 0.3) is 5.91 Å². The third-order valence-electron chi connectivity index (χ3n) is 3.15. The van der Waals surface area contributed by atoms with Crippen molar-refractivity contribution in [2.75, 3.05) is 0 Å². The predicted octanol–water partition coefficient (Wildman–Crippen LogP) is 1.62. The number of rotatable bonds is 5. The second-order valence-electron chi connectivity index (χ2n) is 4.17. The Morgan fingerprint density at radius 3 is 2.56 bits per heavy atom. The molecule has 18 heavy (non-hydrogen) atoms. The third kappa shape index (κ3) is 2.64. The van der Waals surface area contributed by atoms with Gasteiger partial charge in [-0.25, -0.2) is 0 Å². The predicted molar refractivity (Wildman–Crippen MR) is 67.6 cm³/mol. The standard InChI is InChI=1S/C12H19N3O3/c1-4-12(5-2,11(13)15-17)14-10(16)9-6-8(3)18-7-9/h6-7,17H,4-5H2,1-3H3,(H2,13,15)(H,14,16). The molecule has 1 aromatic heterocycles. The summed E-state index contributed by atoms with van der Waals surface area (Å²) in [4.78, 5) is 12.0. The second-order valence-corrected chi connectivity index (χ2v) is 4.17. The van der Waals surface area contributed by atoms with Crippen LogP contribution in [-0.2, 0) is 0 Å². The van der Waals surface area contributed by atoms with Crippen LogP contribution in [0.2, 0.25) is 0 Å². The lowest BCUT2D eigenvalue weighted by Crippen LogP contribution is -2.56. The van der Waals surface area contributed by atoms with Gasteiger partial charge in [0.2, 0.25) is 0 Å². The molecule has 6 nitrogen and oxygen atoms in total. The molecule has 1 amide bonds. The third-order valence-corrected chi connectivity index (χ3v) is 3.15. The molecule has 0 radical (unpaired) electrons. The van der Waals surface area contributed by atoms with Gasteiger partial charge in [0.05, 0.1) is 5.56 Å². The second kappa shape index (κ2) is 5.57. The summed E-state index contributed by atoms with van der Waals surface area (Å²) in [5.74, 6) is 0.353. The van der Waals surface area contributed by atoms with E-state index < -0.39 is 5.54 Å². The van der Waals surface area contributed by atoms with E-state index >= 15 is 0 Å². The molecule has 0 saturated heterocycles. The van der Waals surface area contributed by atoms with Gasteiger partial charge in [0, 0.05) is 0 Å². The van der Waals surface area contributed by atoms with E-state index in [1.165, 1.54) is 6.26 Å². The molecule has 1 heterocycles. The molecule has 0 aromatic carbocycles. The Hall–Kier alpha value is -1.98. The van der Waals surface area contributed by atoms with E-state index in [4.69, 9.17) is 15.4 Å². The van der Waals surface area contributed by atoms with E-state index in [9.17, 15) is 4.79 Å². The first-order chi connectivity index (χ1) is 8.49. The number of nitrogens with one attached hydrogen (secondary N) is 1. The summed E-state index contributed by atoms with van der Waals surface area (Å²) >= 11 is 0. The average Bonchev–Trinajstić information content (AvgIpc) is 2.81. The summed E-state index contributed by atoms with van der Waals surface area (Å²) < 4.78 is 5.08. The van der Waals surface area contributed by atoms with Gasteiger partial charge >= 0.3 is 0 Å². The Kier molecular flexibility index (Phi) is 4.36. The van der Waals surface area contributed by atoms with Crippen LogP contribution < -0.4 is 11.1 Å². The Morgan fingerprint density at radius 1 is 1.56 bits per heavy atom. The first-order valence-electron chi connectivity index (χ1n) is 5.84. The van der Waals surface area contributed by atoms with E-state index in [0.717, 1.165) is 0 Å². The molecule has 0 spiro atoms. The molecule has 0 unspecified atom stereocenters. The molecule has 0 aliphatic rings. The SMILES string of the molecule is CCC(CC)(NC(=O)c1coc(C)c1)C(N)=NO. The van der Waals surface area contributed by atoms with Crippen molar-refractivity contribution in [1.82, 2.24) is 5.32 Å². The summed E-state index contributed by atoms with van der Waals surface area (Å²) in [6.45, 7) is 5.48. The summed E-state index contributed by atoms with van der Waals surface area (Å²) in [6, 6.07) is 1.64. The summed E-state index contributed by atoms with van der Waals surface area (Å²) in [6.07, 6.45) is 2.44. The van der Waals surface area contributed by atoms with Gasteiger partial charge < -0.3 is 20.7 Å². The van der Waals surface area contributed by atoms with Crippen LogP contribution in [0.3, 0.4) is 0 Å². The highest BCUT2D eigenvalue weighted by atomic mass is 16.4. The Bertz CT molecular complexity index is 447. The first kappa shape index (κ1) is 14.1. The van der Waals surface area contributed by atoms with Crippen molar-refractivity contribution in [1.29, 1.82) is 0 Å². The van der Waals surface area contributed by atoms with Crippen LogP contribution >= 0.6 is 0 Å². The van der Waals surface area contributed by atoms with Crippen LogP contribution in [0.4, 0.5) is 0 Å². The minimum atomic E-state index is -0.836. The van der Waals surface area contributed by atoms with E-state index in [2.05, 4.69) is 10.5 Å². The number of aryl methyl sites for hydroxylation is 1. The Balaban J connectivity index is 2.95. The fraction of sp³-hybridized carbons (Fsp3) is 0.500. The molecule has 0 saturated carbocycles. The highest BCUT2D eigenvalue weighted by molar-refractivity contribution is 6.00. The van der Waals surface area contributed by atoms with Gasteiger partial charge in [-0.3, -0.25) is 4.79 Å². The molecule has 1 aromatic rings. The molecular formula is C12H19N3O3. The molecule has 0 atom stereocenters. The fourth-order valence-electron chi connectivity index (χ4n) is 1.80. The highest BCUT2D eigenvalue weighted by Gasteiger charge is 2.33. The lowest BCUT2D eigenvalue weighted by molar-refractivity contribution is 0.0917. The van der Waals surface area contributed by atoms with E-state index in [0.29, 0.717) is 24.2 Å². The quantitative estimate of drug-likeness (QED) is 0.321. The highest BCUT2D eigenvalue weighted by Crippen LogP contribution is 2.17. The number of nitrogens with zero attached hydrogens (tertiary/aromatic N) is 1. The van der Waals surface area contributed by atoms with Crippen molar-refractivity contribution in [3.05, 3.63) is 23.7 Å². The smallest absolute Gasteiger partial charge is 0.255 e. The van der Waals surface area contributed by atoms with E-state index in [-0.39, 0.29) is 11.7 Å². The monoisotopic (exact) mass is 253 g/mol. The lowest BCUT2D eigenvalue weighted by Gasteiger charge is -2.31. The normalized spacial score (nSPS) is 12.5. The number of hydrogen-bond acceptors (Lipinski definition) is 4. The Morgan fingerprint density at radius 2 is 2.17 bits per heavy atom. The number of nitrogens with two attached hydrogens (primary N) is 1. The van der Waals surface area contributed by atoms with Crippen LogP contribution in [0.15, 0.2) is 21.9 Å². The lowest BCUT2D eigenvalue weighted by atomic mass is 9.91. The zero-order chi connectivity index (χ0) is 13.8. The van der Waals surface area contributed by atoms with E-state index in [1.807, 2.05) is 13.8 Å². The number of furan rings is 1. The van der Waals surface area contributed by atoms with Crippen molar-refractivity contribution in [3.8, 4) is 0 Å². The number of amidine groups is 1. The molecule has 4 N–H and O–H groups in total. The molecule has 100 valence electrons. The molecule has 1 rings (SSSR count). The minimum Gasteiger partial charge on any atom is -0.469 e. The maximum absolute atomic E-state index is 12.0. The average molecular weight is 253 g/mol. The molecule has 0 fully saturated rings. The summed E-state index contributed by atoms with van der Waals surface area (Å²) in [5.41, 5.74) is 5.25. The van der Waals surface area contributed by atoms with Crippen LogP contribution in [-0.4, -0.2) is 22.5 Å². The van der Waals surface area contributed by atoms with Crippen LogP contribution in [0.1, 0.15) is 42.8 Å². The van der Waals surface area contributed by atoms with Gasteiger partial charge in [0.15, 0.2) is 5.84 Å². The summed E-state index contributed by atoms with van der Waals surface area (Å²) in [5, 5.41) is 14.6. The largest absolute Gasteiger partial charge is 0.469 e. The van der Waals surface area contributed by atoms with Crippen molar-refractivity contribution in [2.45, 2.75) is 39.2 Å². The number of carbonyl (C=O) groups excluding carboxylic acids is 1. The van der Waals surface area contributed by atoms with Crippen LogP contribution in [0.5, 0.6) is 0 Å². The van der Waals surface area contributed by atoms with Gasteiger partial charge in [-0.2, -0.15) is 0 Å². The van der Waals surface area contributed by atoms with Crippen molar-refractivity contribution >= 4 is 11.7 Å². The molecule has 0 aliphatic carbocycles. The Labute approximate surface area is 106 Å². The zero-order valence-corrected chi connectivity index (χ0v) is 10.9. The fourth-order valence-corrected chi connectivity index (χ4v) is 1.80. The zero-order valence-electron chi connectivity index (χ0n) is 10.9. The number of oxime groups is 1. The number of amides is 1. The number of hydrogen-bond donors (Lipinski definition) is 3. The summed E-state index contributed by atoms with van der Waals surface area (Å²) in [7, 11) is 0. The van der Waals surface area contributed by atoms with Gasteiger partial charge in [-0.15, -0.1) is 0 Å². The maximum atomic E-state index is 12.0.